The van der Waals surface area contributed by atoms with Crippen LogP contribution < -0.4 is 10.2 Å². The number of nitrogens with one attached hydrogen (secondary N) is 1. The molecule has 6 rings (SSSR count). The van der Waals surface area contributed by atoms with Crippen molar-refractivity contribution in [1.82, 2.24) is 20.1 Å². The van der Waals surface area contributed by atoms with Gasteiger partial charge in [0.2, 0.25) is 0 Å². The van der Waals surface area contributed by atoms with Crippen LogP contribution >= 0.6 is 0 Å². The first-order valence-electron chi connectivity index (χ1n) is 12.7. The van der Waals surface area contributed by atoms with E-state index in [4.69, 9.17) is 4.98 Å². The molecule has 3 atom stereocenters. The zero-order valence-electron chi connectivity index (χ0n) is 19.5. The molecule has 0 bridgehead atoms. The van der Waals surface area contributed by atoms with Crippen LogP contribution in [0.4, 0.5) is 5.69 Å². The van der Waals surface area contributed by atoms with E-state index in [0.29, 0.717) is 12.1 Å². The van der Waals surface area contributed by atoms with E-state index < -0.39 is 0 Å². The largest absolute Gasteiger partial charge is 0.369 e. The lowest BCUT2D eigenvalue weighted by molar-refractivity contribution is 0.0661. The van der Waals surface area contributed by atoms with E-state index in [1.807, 2.05) is 6.20 Å². The van der Waals surface area contributed by atoms with Gasteiger partial charge in [-0.3, -0.25) is 9.88 Å². The van der Waals surface area contributed by atoms with Gasteiger partial charge in [-0.15, -0.1) is 0 Å². The van der Waals surface area contributed by atoms with E-state index in [9.17, 15) is 0 Å². The third kappa shape index (κ3) is 3.85. The number of aromatic nitrogens is 1. The van der Waals surface area contributed by atoms with E-state index in [1.54, 1.807) is 5.56 Å². The van der Waals surface area contributed by atoms with E-state index in [-0.39, 0.29) is 0 Å². The molecular weight excluding hydrogens is 394 g/mol. The predicted molar refractivity (Wildman–Crippen MR) is 130 cm³/mol. The number of hydrogen-bond acceptors (Lipinski definition) is 5. The number of pyridine rings is 1. The number of nitrogens with zero attached hydrogens (tertiary/aromatic N) is 4. The molecule has 0 spiro atoms. The standard InChI is InChI=1S/C27H37N5/c1-30-13-15-31(16-14-30)25-8-2-5-22-18-29-23(17-24(22)25)19-32-12-4-7-21-10-9-20-6-3-11-28-26(20)27(21)32/h2-3,5-6,8,11,21,23,27,29H,4,7,9-10,12-19H2,1H3/t21-,23+,27+/m0/s1. The number of aryl methyl sites for hydroxylation is 1. The Hall–Kier alpha value is -1.95. The molecule has 5 heteroatoms. The first-order chi connectivity index (χ1) is 15.8. The number of benzene rings is 1. The molecule has 2 saturated heterocycles. The number of likely N-dealkylation sites (N-methyl/N-ethyl adjacent to an activating group) is 1. The molecular formula is C27H37N5. The lowest BCUT2D eigenvalue weighted by Crippen LogP contribution is -2.50. The third-order valence-electron chi connectivity index (χ3n) is 8.43. The fourth-order valence-electron chi connectivity index (χ4n) is 6.68. The lowest BCUT2D eigenvalue weighted by Gasteiger charge is -2.46. The Morgan fingerprint density at radius 2 is 1.88 bits per heavy atom. The SMILES string of the molecule is CN1CCN(c2cccc3c2C[C@H](CN2CCC[C@H]4CCc5cccnc5[C@@H]42)NC3)CC1. The van der Waals surface area contributed by atoms with E-state index in [2.05, 4.69) is 57.4 Å². The molecule has 5 nitrogen and oxygen atoms in total. The maximum atomic E-state index is 4.89. The van der Waals surface area contributed by atoms with Crippen LogP contribution in [0.3, 0.4) is 0 Å². The molecule has 2 aromatic rings. The van der Waals surface area contributed by atoms with Crippen molar-refractivity contribution in [2.45, 2.75) is 50.7 Å². The number of hydrogen-bond donors (Lipinski definition) is 1. The molecule has 170 valence electrons. The van der Waals surface area contributed by atoms with Crippen molar-refractivity contribution >= 4 is 5.69 Å². The Morgan fingerprint density at radius 1 is 1.00 bits per heavy atom. The molecule has 1 aliphatic carbocycles. The number of rotatable bonds is 3. The molecule has 1 aromatic carbocycles. The van der Waals surface area contributed by atoms with Crippen molar-refractivity contribution in [3.8, 4) is 0 Å². The van der Waals surface area contributed by atoms with Crippen LogP contribution in [0.1, 0.15) is 47.7 Å². The Kier molecular flexibility index (Phi) is 5.66. The highest BCUT2D eigenvalue weighted by Crippen LogP contribution is 2.43. The summed E-state index contributed by atoms with van der Waals surface area (Å²) in [7, 11) is 2.24. The van der Waals surface area contributed by atoms with Gasteiger partial charge in [0.25, 0.3) is 0 Å². The summed E-state index contributed by atoms with van der Waals surface area (Å²) in [5.74, 6) is 0.780. The van der Waals surface area contributed by atoms with Crippen LogP contribution in [0.5, 0.6) is 0 Å². The molecule has 1 N–H and O–H groups in total. The van der Waals surface area contributed by atoms with Gasteiger partial charge in [-0.25, -0.2) is 0 Å². The molecule has 0 radical (unpaired) electrons. The van der Waals surface area contributed by atoms with Crippen LogP contribution in [0.25, 0.3) is 0 Å². The Balaban J connectivity index is 1.22. The number of likely N-dealkylation sites (tertiary alicyclic amines) is 1. The molecule has 4 aliphatic rings. The topological polar surface area (TPSA) is 34.6 Å². The summed E-state index contributed by atoms with van der Waals surface area (Å²) in [6.45, 7) is 7.95. The Morgan fingerprint density at radius 3 is 2.78 bits per heavy atom. The third-order valence-corrected chi connectivity index (χ3v) is 8.43. The quantitative estimate of drug-likeness (QED) is 0.807. The lowest BCUT2D eigenvalue weighted by atomic mass is 9.76. The molecule has 0 unspecified atom stereocenters. The molecule has 1 aromatic heterocycles. The summed E-state index contributed by atoms with van der Waals surface area (Å²) in [6, 6.07) is 12.4. The van der Waals surface area contributed by atoms with Crippen molar-refractivity contribution in [3.63, 3.8) is 0 Å². The number of anilines is 1. The van der Waals surface area contributed by atoms with E-state index in [1.165, 1.54) is 54.7 Å². The molecule has 4 heterocycles. The highest BCUT2D eigenvalue weighted by molar-refractivity contribution is 5.58. The predicted octanol–water partition coefficient (Wildman–Crippen LogP) is 3.25. The minimum atomic E-state index is 0.518. The summed E-state index contributed by atoms with van der Waals surface area (Å²) in [4.78, 5) is 12.7. The second kappa shape index (κ2) is 8.77. The fourth-order valence-corrected chi connectivity index (χ4v) is 6.68. The molecule has 0 amide bonds. The Labute approximate surface area is 192 Å². The van der Waals surface area contributed by atoms with E-state index in [0.717, 1.165) is 51.6 Å². The summed E-state index contributed by atoms with van der Waals surface area (Å²) in [5, 5.41) is 3.89. The van der Waals surface area contributed by atoms with Crippen LogP contribution in [-0.2, 0) is 19.4 Å². The maximum Gasteiger partial charge on any atom is 0.0610 e. The van der Waals surface area contributed by atoms with Gasteiger partial charge in [-0.2, -0.15) is 0 Å². The van der Waals surface area contributed by atoms with Crippen molar-refractivity contribution in [2.24, 2.45) is 5.92 Å². The normalized spacial score (nSPS) is 28.7. The first-order valence-corrected chi connectivity index (χ1v) is 12.7. The van der Waals surface area contributed by atoms with Crippen LogP contribution in [0.2, 0.25) is 0 Å². The van der Waals surface area contributed by atoms with Gasteiger partial charge < -0.3 is 15.1 Å². The number of piperidine rings is 1. The second-order valence-corrected chi connectivity index (χ2v) is 10.4. The van der Waals surface area contributed by atoms with Crippen molar-refractivity contribution in [3.05, 3.63) is 58.9 Å². The zero-order chi connectivity index (χ0) is 21.5. The van der Waals surface area contributed by atoms with Crippen LogP contribution in [0, 0.1) is 5.92 Å². The smallest absolute Gasteiger partial charge is 0.0610 e. The molecule has 2 fully saturated rings. The van der Waals surface area contributed by atoms with Gasteiger partial charge in [0.15, 0.2) is 0 Å². The van der Waals surface area contributed by atoms with Gasteiger partial charge in [0.05, 0.1) is 11.7 Å². The highest BCUT2D eigenvalue weighted by Gasteiger charge is 2.38. The van der Waals surface area contributed by atoms with Gasteiger partial charge in [-0.1, -0.05) is 18.2 Å². The van der Waals surface area contributed by atoms with Crippen LogP contribution in [-0.4, -0.2) is 67.1 Å². The summed E-state index contributed by atoms with van der Waals surface area (Å²) >= 11 is 0. The van der Waals surface area contributed by atoms with Crippen LogP contribution in [0.15, 0.2) is 36.5 Å². The monoisotopic (exact) mass is 431 g/mol. The average molecular weight is 432 g/mol. The summed E-state index contributed by atoms with van der Waals surface area (Å²) in [6.07, 6.45) is 8.38. The van der Waals surface area contributed by atoms with Gasteiger partial charge in [0, 0.05) is 57.2 Å². The van der Waals surface area contributed by atoms with Gasteiger partial charge >= 0.3 is 0 Å². The second-order valence-electron chi connectivity index (χ2n) is 10.4. The molecule has 0 saturated carbocycles. The Bertz CT molecular complexity index is 951. The van der Waals surface area contributed by atoms with Crippen molar-refractivity contribution in [1.29, 1.82) is 0 Å². The summed E-state index contributed by atoms with van der Waals surface area (Å²) < 4.78 is 0. The summed E-state index contributed by atoms with van der Waals surface area (Å²) in [5.41, 5.74) is 7.44. The molecule has 32 heavy (non-hydrogen) atoms. The number of fused-ring (bicyclic) bond motifs is 4. The van der Waals surface area contributed by atoms with Crippen molar-refractivity contribution < 1.29 is 0 Å². The highest BCUT2D eigenvalue weighted by atomic mass is 15.3. The van der Waals surface area contributed by atoms with E-state index >= 15 is 0 Å². The minimum absolute atomic E-state index is 0.518. The number of piperazine rings is 1. The van der Waals surface area contributed by atoms with Gasteiger partial charge in [0.1, 0.15) is 0 Å². The van der Waals surface area contributed by atoms with Gasteiger partial charge in [-0.05, 0) is 80.4 Å². The zero-order valence-corrected chi connectivity index (χ0v) is 19.5. The fraction of sp³-hybridized carbons (Fsp3) is 0.593. The maximum absolute atomic E-state index is 4.89. The average Bonchev–Trinajstić information content (AvgIpc) is 2.84. The van der Waals surface area contributed by atoms with Crippen molar-refractivity contribution in [2.75, 3.05) is 51.2 Å². The minimum Gasteiger partial charge on any atom is -0.369 e. The molecule has 3 aliphatic heterocycles. The first kappa shape index (κ1) is 20.6.